The summed E-state index contributed by atoms with van der Waals surface area (Å²) in [6.07, 6.45) is 0. The number of carboxylic acid groups (broad SMARTS) is 1. The molecule has 0 aliphatic carbocycles. The van der Waals surface area contributed by atoms with Gasteiger partial charge in [0.05, 0.1) is 30.6 Å². The van der Waals surface area contributed by atoms with Gasteiger partial charge in [-0.1, -0.05) is 0 Å². The van der Waals surface area contributed by atoms with E-state index in [1.165, 1.54) is 21.3 Å². The third-order valence-corrected chi connectivity index (χ3v) is 6.74. The van der Waals surface area contributed by atoms with E-state index in [9.17, 15) is 24.3 Å². The maximum Gasteiger partial charge on any atom is 0.337 e. The molecule has 0 bridgehead atoms. The van der Waals surface area contributed by atoms with Crippen LogP contribution in [0.3, 0.4) is 0 Å². The van der Waals surface area contributed by atoms with Crippen molar-refractivity contribution in [3.8, 4) is 0 Å². The normalized spacial score (nSPS) is 11.5. The molecule has 0 radical (unpaired) electrons. The zero-order valence-corrected chi connectivity index (χ0v) is 22.0. The monoisotopic (exact) mass is 745 g/mol. The fourth-order valence-electron chi connectivity index (χ4n) is 2.22. The maximum atomic E-state index is 13.0. The van der Waals surface area contributed by atoms with E-state index in [0.29, 0.717) is 3.57 Å². The van der Waals surface area contributed by atoms with Crippen LogP contribution in [-0.2, 0) is 19.1 Å². The molecule has 10 nitrogen and oxygen atoms in total. The first-order valence-corrected chi connectivity index (χ1v) is 11.1. The molecule has 160 valence electrons. The minimum atomic E-state index is -1.26. The Labute approximate surface area is 207 Å². The van der Waals surface area contributed by atoms with Crippen LogP contribution in [0.2, 0.25) is 0 Å². The van der Waals surface area contributed by atoms with E-state index >= 15 is 0 Å². The van der Waals surface area contributed by atoms with E-state index in [1.807, 2.05) is 22.6 Å². The van der Waals surface area contributed by atoms with Crippen molar-refractivity contribution in [2.24, 2.45) is 0 Å². The fraction of sp³-hybridized carbons (Fsp3) is 0.375. The number of halogens is 3. The Morgan fingerprint density at radius 2 is 1.59 bits per heavy atom. The number of hydrogen-bond acceptors (Lipinski definition) is 6. The van der Waals surface area contributed by atoms with Crippen LogP contribution in [0, 0.1) is 10.7 Å². The molecule has 4 N–H and O–H groups in total. The predicted molar refractivity (Wildman–Crippen MR) is 129 cm³/mol. The van der Waals surface area contributed by atoms with Gasteiger partial charge >= 0.3 is 5.97 Å². The van der Waals surface area contributed by atoms with Crippen LogP contribution >= 0.6 is 67.8 Å². The van der Waals surface area contributed by atoms with Crippen molar-refractivity contribution in [2.75, 3.05) is 39.8 Å². The number of carboxylic acids is 1. The van der Waals surface area contributed by atoms with Gasteiger partial charge in [0.25, 0.3) is 5.91 Å². The second-order valence-corrected chi connectivity index (χ2v) is 8.69. The van der Waals surface area contributed by atoms with E-state index < -0.39 is 29.7 Å². The number of likely N-dealkylation sites (N-methyl/N-ethyl adjacent to an activating group) is 1. The van der Waals surface area contributed by atoms with Crippen molar-refractivity contribution in [3.05, 3.63) is 21.8 Å². The molecule has 0 heterocycles. The Bertz CT molecular complexity index is 833. The highest BCUT2D eigenvalue weighted by Crippen LogP contribution is 2.35. The van der Waals surface area contributed by atoms with E-state index in [2.05, 4.69) is 16.0 Å². The molecule has 0 aliphatic rings. The van der Waals surface area contributed by atoms with Crippen LogP contribution in [0.4, 0.5) is 5.69 Å². The molecule has 1 aromatic rings. The van der Waals surface area contributed by atoms with Crippen LogP contribution in [0.15, 0.2) is 0 Å². The van der Waals surface area contributed by atoms with Crippen LogP contribution in [0.25, 0.3) is 0 Å². The summed E-state index contributed by atoms with van der Waals surface area (Å²) in [5.74, 6) is -2.91. The SMILES string of the molecule is CNC(=O)[C@H](COC)NC(=O)c1c(I)c(NC(=O)COC)c(I)c(C(=O)O)c1I. The Balaban J connectivity index is 3.53. The summed E-state index contributed by atoms with van der Waals surface area (Å²) in [6.45, 7) is -0.319. The van der Waals surface area contributed by atoms with E-state index in [4.69, 9.17) is 9.47 Å². The minimum Gasteiger partial charge on any atom is -0.478 e. The lowest BCUT2D eigenvalue weighted by Gasteiger charge is -2.20. The number of hydrogen-bond donors (Lipinski definition) is 4. The molecule has 1 aromatic carbocycles. The number of carbonyl (C=O) groups excluding carboxylic acids is 3. The highest BCUT2D eigenvalue weighted by molar-refractivity contribution is 14.1. The van der Waals surface area contributed by atoms with Gasteiger partial charge in [0.15, 0.2) is 0 Å². The van der Waals surface area contributed by atoms with Gasteiger partial charge in [-0.3, -0.25) is 14.4 Å². The molecule has 3 amide bonds. The van der Waals surface area contributed by atoms with Crippen LogP contribution in [-0.4, -0.2) is 69.3 Å². The summed E-state index contributed by atoms with van der Waals surface area (Å²) in [6, 6.07) is -0.983. The number of anilines is 1. The van der Waals surface area contributed by atoms with E-state index in [-0.39, 0.29) is 37.2 Å². The fourth-order valence-corrected chi connectivity index (χ4v) is 6.61. The number of methoxy groups -OCH3 is 2. The molecule has 0 aromatic heterocycles. The zero-order valence-electron chi connectivity index (χ0n) is 15.5. The number of aromatic carboxylic acids is 1. The quantitative estimate of drug-likeness (QED) is 0.279. The molecule has 0 aliphatic heterocycles. The number of nitrogens with one attached hydrogen (secondary N) is 3. The predicted octanol–water partition coefficient (Wildman–Crippen LogP) is 1.27. The van der Waals surface area contributed by atoms with E-state index in [1.54, 1.807) is 45.2 Å². The van der Waals surface area contributed by atoms with Crippen LogP contribution < -0.4 is 16.0 Å². The summed E-state index contributed by atoms with van der Waals surface area (Å²) in [5, 5.41) is 17.2. The first-order chi connectivity index (χ1) is 13.6. The largest absolute Gasteiger partial charge is 0.478 e. The second kappa shape index (κ2) is 12.2. The molecule has 0 saturated carbocycles. The lowest BCUT2D eigenvalue weighted by Crippen LogP contribution is -2.48. The topological polar surface area (TPSA) is 143 Å². The van der Waals surface area contributed by atoms with Crippen LogP contribution in [0.5, 0.6) is 0 Å². The molecular weight excluding hydrogens is 727 g/mol. The number of carbonyl (C=O) groups is 4. The third kappa shape index (κ3) is 6.59. The van der Waals surface area contributed by atoms with Gasteiger partial charge in [-0.15, -0.1) is 0 Å². The molecule has 13 heteroatoms. The summed E-state index contributed by atoms with van der Waals surface area (Å²) in [4.78, 5) is 48.7. The van der Waals surface area contributed by atoms with Crippen molar-refractivity contribution in [1.29, 1.82) is 0 Å². The number of benzene rings is 1. The first-order valence-electron chi connectivity index (χ1n) is 7.84. The zero-order chi connectivity index (χ0) is 22.3. The first kappa shape index (κ1) is 26.2. The van der Waals surface area contributed by atoms with Gasteiger partial charge in [0.1, 0.15) is 12.6 Å². The summed E-state index contributed by atoms with van der Waals surface area (Å²) in [7, 11) is 4.15. The van der Waals surface area contributed by atoms with Gasteiger partial charge in [0, 0.05) is 24.8 Å². The van der Waals surface area contributed by atoms with Crippen molar-refractivity contribution in [3.63, 3.8) is 0 Å². The van der Waals surface area contributed by atoms with Crippen LogP contribution in [0.1, 0.15) is 20.7 Å². The van der Waals surface area contributed by atoms with Crippen molar-refractivity contribution < 1.29 is 33.8 Å². The maximum absolute atomic E-state index is 13.0. The lowest BCUT2D eigenvalue weighted by atomic mass is 10.1. The molecule has 1 rings (SSSR count). The average molecular weight is 745 g/mol. The van der Waals surface area contributed by atoms with Crippen molar-refractivity contribution >= 4 is 97.2 Å². The summed E-state index contributed by atoms with van der Waals surface area (Å²) >= 11 is 5.42. The molecule has 0 unspecified atom stereocenters. The Hall–Kier alpha value is -0.790. The molecule has 0 saturated heterocycles. The Morgan fingerprint density at radius 3 is 2.07 bits per heavy atom. The molecular formula is C16H18I3N3O7. The number of rotatable bonds is 9. The highest BCUT2D eigenvalue weighted by Gasteiger charge is 2.30. The molecule has 1 atom stereocenters. The van der Waals surface area contributed by atoms with E-state index in [0.717, 1.165) is 0 Å². The molecule has 29 heavy (non-hydrogen) atoms. The third-order valence-electron chi connectivity index (χ3n) is 3.50. The minimum absolute atomic E-state index is 0.0294. The van der Waals surface area contributed by atoms with Crippen molar-refractivity contribution in [1.82, 2.24) is 10.6 Å². The molecule has 0 spiro atoms. The lowest BCUT2D eigenvalue weighted by molar-refractivity contribution is -0.123. The molecule has 0 fully saturated rings. The van der Waals surface area contributed by atoms with Gasteiger partial charge in [-0.2, -0.15) is 0 Å². The summed E-state index contributed by atoms with van der Waals surface area (Å²) in [5.41, 5.74) is 0.0777. The Morgan fingerprint density at radius 1 is 1.00 bits per heavy atom. The van der Waals surface area contributed by atoms with Gasteiger partial charge in [-0.25, -0.2) is 4.79 Å². The Kier molecular flexibility index (Phi) is 11.0. The number of ether oxygens (including phenoxy) is 2. The smallest absolute Gasteiger partial charge is 0.337 e. The number of amides is 3. The van der Waals surface area contributed by atoms with Crippen molar-refractivity contribution in [2.45, 2.75) is 6.04 Å². The highest BCUT2D eigenvalue weighted by atomic mass is 127. The average Bonchev–Trinajstić information content (AvgIpc) is 2.64. The van der Waals surface area contributed by atoms with Gasteiger partial charge < -0.3 is 30.5 Å². The van der Waals surface area contributed by atoms with Gasteiger partial charge in [0.2, 0.25) is 11.8 Å². The standard InChI is InChI=1S/C16H18I3N3O7/c1-20-14(24)6(4-28-2)21-15(25)8-10(17)9(16(26)27)12(19)13(11(8)18)22-7(23)5-29-3/h6H,4-5H2,1-3H3,(H,20,24)(H,21,25)(H,22,23)(H,26,27)/t6-/m0/s1. The van der Waals surface area contributed by atoms with Gasteiger partial charge in [-0.05, 0) is 67.8 Å². The second-order valence-electron chi connectivity index (χ2n) is 5.45. The summed E-state index contributed by atoms with van der Waals surface area (Å²) < 4.78 is 10.5.